The van der Waals surface area contributed by atoms with Crippen molar-refractivity contribution in [2.24, 2.45) is 0 Å². The fourth-order valence-corrected chi connectivity index (χ4v) is 3.21. The molecule has 0 N–H and O–H groups in total. The van der Waals surface area contributed by atoms with Gasteiger partial charge in [0.2, 0.25) is 0 Å². The largest absolute Gasteiger partial charge is 0.298 e. The summed E-state index contributed by atoms with van der Waals surface area (Å²) in [5.41, 5.74) is 3.57. The summed E-state index contributed by atoms with van der Waals surface area (Å²) in [6, 6.07) is 10.1. The summed E-state index contributed by atoms with van der Waals surface area (Å²) in [5.74, 6) is 0. The first-order chi connectivity index (χ1) is 8.86. The van der Waals surface area contributed by atoms with Gasteiger partial charge in [-0.2, -0.15) is 0 Å². The molecule has 0 atom stereocenters. The number of benzene rings is 1. The molecule has 0 spiro atoms. The van der Waals surface area contributed by atoms with Gasteiger partial charge in [0.25, 0.3) is 0 Å². The maximum Gasteiger partial charge on any atom is 0.152 e. The van der Waals surface area contributed by atoms with E-state index in [0.717, 1.165) is 16.2 Å². The molecule has 0 aliphatic heterocycles. The second-order valence-corrected chi connectivity index (χ2v) is 5.46. The zero-order valence-electron chi connectivity index (χ0n) is 9.93. The summed E-state index contributed by atoms with van der Waals surface area (Å²) >= 11 is 1.56. The summed E-state index contributed by atoms with van der Waals surface area (Å²) in [4.78, 5) is 16.4. The number of aromatic nitrogens is 1. The minimum absolute atomic E-state index is 0.656. The van der Waals surface area contributed by atoms with Crippen LogP contribution in [0.5, 0.6) is 0 Å². The highest BCUT2D eigenvalue weighted by atomic mass is 32.2. The fraction of sp³-hybridized carbons (Fsp3) is 0.200. The van der Waals surface area contributed by atoms with Gasteiger partial charge in [0.1, 0.15) is 5.03 Å². The Morgan fingerprint density at radius 3 is 2.94 bits per heavy atom. The molecule has 0 fully saturated rings. The molecule has 1 aromatic carbocycles. The van der Waals surface area contributed by atoms with Gasteiger partial charge in [0.15, 0.2) is 6.29 Å². The molecule has 1 heterocycles. The lowest BCUT2D eigenvalue weighted by Crippen LogP contribution is -1.89. The third-order valence-corrected chi connectivity index (χ3v) is 4.24. The lowest BCUT2D eigenvalue weighted by molar-refractivity contribution is 0.112. The molecule has 0 saturated heterocycles. The van der Waals surface area contributed by atoms with Crippen LogP contribution in [-0.4, -0.2) is 11.3 Å². The molecule has 0 bridgehead atoms. The maximum absolute atomic E-state index is 11.0. The molecule has 3 rings (SSSR count). The van der Waals surface area contributed by atoms with Crippen LogP contribution in [0.25, 0.3) is 0 Å². The number of pyridine rings is 1. The molecule has 2 aromatic rings. The van der Waals surface area contributed by atoms with Crippen LogP contribution in [0.15, 0.2) is 46.5 Å². The van der Waals surface area contributed by atoms with Crippen LogP contribution in [0.4, 0.5) is 0 Å². The van der Waals surface area contributed by atoms with Crippen molar-refractivity contribution >= 4 is 18.0 Å². The van der Waals surface area contributed by atoms with Gasteiger partial charge in [-0.1, -0.05) is 17.8 Å². The Bertz CT molecular complexity index is 595. The first kappa shape index (κ1) is 11.5. The van der Waals surface area contributed by atoms with E-state index in [4.69, 9.17) is 0 Å². The molecule has 1 aromatic heterocycles. The third-order valence-electron chi connectivity index (χ3n) is 3.21. The lowest BCUT2D eigenvalue weighted by atomic mass is 10.1. The Morgan fingerprint density at radius 1 is 1.17 bits per heavy atom. The molecule has 1 aliphatic rings. The van der Waals surface area contributed by atoms with Gasteiger partial charge in [0, 0.05) is 16.7 Å². The van der Waals surface area contributed by atoms with Crippen LogP contribution >= 0.6 is 11.8 Å². The Hall–Kier alpha value is -1.61. The van der Waals surface area contributed by atoms with Crippen LogP contribution in [0, 0.1) is 0 Å². The van der Waals surface area contributed by atoms with E-state index in [9.17, 15) is 4.79 Å². The van der Waals surface area contributed by atoms with Gasteiger partial charge < -0.3 is 0 Å². The summed E-state index contributed by atoms with van der Waals surface area (Å²) < 4.78 is 0. The third kappa shape index (κ3) is 2.18. The van der Waals surface area contributed by atoms with Gasteiger partial charge >= 0.3 is 0 Å². The minimum Gasteiger partial charge on any atom is -0.298 e. The number of hydrogen-bond acceptors (Lipinski definition) is 3. The molecule has 0 unspecified atom stereocenters. The van der Waals surface area contributed by atoms with E-state index >= 15 is 0 Å². The molecule has 1 aliphatic carbocycles. The van der Waals surface area contributed by atoms with Crippen molar-refractivity contribution in [2.75, 3.05) is 0 Å². The summed E-state index contributed by atoms with van der Waals surface area (Å²) in [6.07, 6.45) is 6.22. The number of nitrogens with zero attached hydrogens (tertiary/aromatic N) is 1. The zero-order chi connectivity index (χ0) is 12.4. The van der Waals surface area contributed by atoms with E-state index in [0.29, 0.717) is 5.56 Å². The molecular weight excluding hydrogens is 242 g/mol. The van der Waals surface area contributed by atoms with Gasteiger partial charge in [-0.3, -0.25) is 4.79 Å². The van der Waals surface area contributed by atoms with Crippen molar-refractivity contribution < 1.29 is 4.79 Å². The van der Waals surface area contributed by atoms with Gasteiger partial charge in [-0.05, 0) is 54.7 Å². The molecule has 3 heteroatoms. The van der Waals surface area contributed by atoms with Crippen molar-refractivity contribution in [1.29, 1.82) is 0 Å². The van der Waals surface area contributed by atoms with Gasteiger partial charge in [-0.15, -0.1) is 0 Å². The molecular formula is C15H13NOS. The van der Waals surface area contributed by atoms with Crippen molar-refractivity contribution in [2.45, 2.75) is 29.2 Å². The fourth-order valence-electron chi connectivity index (χ4n) is 2.30. The molecule has 2 nitrogen and oxygen atoms in total. The van der Waals surface area contributed by atoms with E-state index in [2.05, 4.69) is 23.2 Å². The van der Waals surface area contributed by atoms with E-state index < -0.39 is 0 Å². The average molecular weight is 255 g/mol. The van der Waals surface area contributed by atoms with Crippen LogP contribution in [0.2, 0.25) is 0 Å². The van der Waals surface area contributed by atoms with Crippen LogP contribution in [-0.2, 0) is 12.8 Å². The normalized spacial score (nSPS) is 13.3. The molecule has 0 saturated carbocycles. The molecule has 90 valence electrons. The molecule has 0 radical (unpaired) electrons. The number of aldehydes is 1. The van der Waals surface area contributed by atoms with E-state index in [-0.39, 0.29) is 0 Å². The SMILES string of the molecule is O=Cc1cccnc1Sc1ccc2c(c1)CCC2. The Kier molecular flexibility index (Phi) is 3.15. The summed E-state index contributed by atoms with van der Waals surface area (Å²) in [7, 11) is 0. The summed E-state index contributed by atoms with van der Waals surface area (Å²) in [6.45, 7) is 0. The van der Waals surface area contributed by atoms with Crippen LogP contribution in [0.1, 0.15) is 27.9 Å². The molecule has 0 amide bonds. The highest BCUT2D eigenvalue weighted by molar-refractivity contribution is 7.99. The van der Waals surface area contributed by atoms with E-state index in [1.54, 1.807) is 30.1 Å². The lowest BCUT2D eigenvalue weighted by Gasteiger charge is -2.05. The topological polar surface area (TPSA) is 30.0 Å². The average Bonchev–Trinajstić information content (AvgIpc) is 2.87. The van der Waals surface area contributed by atoms with Crippen LogP contribution in [0.3, 0.4) is 0 Å². The van der Waals surface area contributed by atoms with Crippen molar-refractivity contribution in [3.05, 3.63) is 53.2 Å². The highest BCUT2D eigenvalue weighted by Crippen LogP contribution is 2.32. The quantitative estimate of drug-likeness (QED) is 0.786. The Morgan fingerprint density at radius 2 is 2.06 bits per heavy atom. The predicted molar refractivity (Wildman–Crippen MR) is 72.2 cm³/mol. The molecule has 18 heavy (non-hydrogen) atoms. The van der Waals surface area contributed by atoms with Gasteiger partial charge in [0.05, 0.1) is 0 Å². The number of carbonyl (C=O) groups is 1. The Labute approximate surface area is 110 Å². The van der Waals surface area contributed by atoms with E-state index in [1.807, 2.05) is 0 Å². The first-order valence-corrected chi connectivity index (χ1v) is 6.88. The van der Waals surface area contributed by atoms with Crippen molar-refractivity contribution in [3.8, 4) is 0 Å². The second kappa shape index (κ2) is 4.94. The highest BCUT2D eigenvalue weighted by Gasteiger charge is 2.12. The van der Waals surface area contributed by atoms with Crippen molar-refractivity contribution in [3.63, 3.8) is 0 Å². The zero-order valence-corrected chi connectivity index (χ0v) is 10.7. The van der Waals surface area contributed by atoms with Gasteiger partial charge in [-0.25, -0.2) is 4.98 Å². The monoisotopic (exact) mass is 255 g/mol. The van der Waals surface area contributed by atoms with Crippen molar-refractivity contribution in [1.82, 2.24) is 4.98 Å². The number of carbonyl (C=O) groups excluding carboxylic acids is 1. The number of hydrogen-bond donors (Lipinski definition) is 0. The number of aryl methyl sites for hydroxylation is 2. The predicted octanol–water partition coefficient (Wildman–Crippen LogP) is 3.53. The summed E-state index contributed by atoms with van der Waals surface area (Å²) in [5, 5.41) is 0.783. The van der Waals surface area contributed by atoms with E-state index in [1.165, 1.54) is 30.4 Å². The minimum atomic E-state index is 0.656. The first-order valence-electron chi connectivity index (χ1n) is 6.06. The Balaban J connectivity index is 1.90. The second-order valence-electron chi connectivity index (χ2n) is 4.40. The standard InChI is InChI=1S/C15H13NOS/c17-10-13-5-2-8-16-15(13)18-14-7-6-11-3-1-4-12(11)9-14/h2,5-10H,1,3-4H2. The maximum atomic E-state index is 11.0. The number of rotatable bonds is 3. The van der Waals surface area contributed by atoms with Crippen LogP contribution < -0.4 is 0 Å². The smallest absolute Gasteiger partial charge is 0.152 e. The number of fused-ring (bicyclic) bond motifs is 1.